The zero-order valence-corrected chi connectivity index (χ0v) is 15.9. The molecule has 6 nitrogen and oxygen atoms in total. The van der Waals surface area contributed by atoms with Gasteiger partial charge in [-0.15, -0.1) is 0 Å². The van der Waals surface area contributed by atoms with Crippen LogP contribution in [0.3, 0.4) is 0 Å². The van der Waals surface area contributed by atoms with Gasteiger partial charge in [-0.05, 0) is 61.6 Å². The Morgan fingerprint density at radius 3 is 2.75 bits per heavy atom. The Balaban J connectivity index is 1.37. The number of hydrogen-bond acceptors (Lipinski definition) is 4. The van der Waals surface area contributed by atoms with Gasteiger partial charge in [-0.2, -0.15) is 0 Å². The Morgan fingerprint density at radius 2 is 1.89 bits per heavy atom. The van der Waals surface area contributed by atoms with Gasteiger partial charge in [0.15, 0.2) is 6.61 Å². The molecule has 2 amide bonds. The average molecular weight is 379 g/mol. The molecule has 6 heteroatoms. The van der Waals surface area contributed by atoms with Crippen LogP contribution in [-0.4, -0.2) is 31.5 Å². The van der Waals surface area contributed by atoms with Crippen molar-refractivity contribution in [3.8, 4) is 5.75 Å². The molecule has 0 aromatic heterocycles. The molecule has 4 rings (SSSR count). The molecule has 1 saturated heterocycles. The molecule has 0 unspecified atom stereocenters. The fourth-order valence-corrected chi connectivity index (χ4v) is 3.77. The number of rotatable bonds is 5. The number of anilines is 3. The van der Waals surface area contributed by atoms with Crippen molar-refractivity contribution in [2.45, 2.75) is 32.1 Å². The number of fused-ring (bicyclic) bond motifs is 1. The van der Waals surface area contributed by atoms with E-state index in [-0.39, 0.29) is 18.4 Å². The van der Waals surface area contributed by atoms with Crippen LogP contribution < -0.4 is 20.3 Å². The summed E-state index contributed by atoms with van der Waals surface area (Å²) in [7, 11) is 0. The average Bonchev–Trinajstić information content (AvgIpc) is 2.73. The first-order valence-corrected chi connectivity index (χ1v) is 9.88. The van der Waals surface area contributed by atoms with Gasteiger partial charge in [-0.3, -0.25) is 9.59 Å². The summed E-state index contributed by atoms with van der Waals surface area (Å²) >= 11 is 0. The molecule has 2 aromatic rings. The van der Waals surface area contributed by atoms with Crippen molar-refractivity contribution in [2.75, 3.05) is 35.2 Å². The maximum atomic E-state index is 12.4. The number of para-hydroxylation sites is 2. The summed E-state index contributed by atoms with van der Waals surface area (Å²) in [5.41, 5.74) is 3.75. The van der Waals surface area contributed by atoms with E-state index in [1.165, 1.54) is 19.3 Å². The Hall–Kier alpha value is -3.02. The zero-order chi connectivity index (χ0) is 19.3. The van der Waals surface area contributed by atoms with Crippen molar-refractivity contribution in [2.24, 2.45) is 0 Å². The summed E-state index contributed by atoms with van der Waals surface area (Å²) in [6, 6.07) is 13.4. The van der Waals surface area contributed by atoms with Crippen LogP contribution in [0.4, 0.5) is 17.1 Å². The molecule has 146 valence electrons. The largest absolute Gasteiger partial charge is 0.484 e. The molecule has 2 aliphatic heterocycles. The Kier molecular flexibility index (Phi) is 5.46. The Bertz CT molecular complexity index is 875. The summed E-state index contributed by atoms with van der Waals surface area (Å²) in [4.78, 5) is 26.2. The van der Waals surface area contributed by atoms with Crippen LogP contribution in [0.2, 0.25) is 0 Å². The molecule has 0 spiro atoms. The van der Waals surface area contributed by atoms with E-state index >= 15 is 0 Å². The van der Waals surface area contributed by atoms with Gasteiger partial charge in [0.25, 0.3) is 5.91 Å². The Morgan fingerprint density at radius 1 is 1.07 bits per heavy atom. The van der Waals surface area contributed by atoms with Gasteiger partial charge < -0.3 is 20.3 Å². The van der Waals surface area contributed by atoms with Crippen molar-refractivity contribution >= 4 is 28.9 Å². The summed E-state index contributed by atoms with van der Waals surface area (Å²) in [6.07, 6.45) is 4.80. The minimum Gasteiger partial charge on any atom is -0.484 e. The van der Waals surface area contributed by atoms with E-state index in [0.717, 1.165) is 35.7 Å². The number of benzene rings is 2. The van der Waals surface area contributed by atoms with Crippen molar-refractivity contribution in [3.63, 3.8) is 0 Å². The van der Waals surface area contributed by atoms with Crippen LogP contribution in [0.25, 0.3) is 0 Å². The van der Waals surface area contributed by atoms with Crippen molar-refractivity contribution < 1.29 is 14.3 Å². The third-order valence-corrected chi connectivity index (χ3v) is 5.22. The van der Waals surface area contributed by atoms with Crippen molar-refractivity contribution in [3.05, 3.63) is 48.0 Å². The number of carbonyl (C=O) groups is 2. The maximum Gasteiger partial charge on any atom is 0.262 e. The lowest BCUT2D eigenvalue weighted by Gasteiger charge is -2.30. The fraction of sp³-hybridized carbons (Fsp3) is 0.364. The Labute approximate surface area is 164 Å². The molecule has 28 heavy (non-hydrogen) atoms. The monoisotopic (exact) mass is 379 g/mol. The lowest BCUT2D eigenvalue weighted by atomic mass is 10.0. The normalized spacial score (nSPS) is 16.1. The molecule has 2 aliphatic rings. The highest BCUT2D eigenvalue weighted by Gasteiger charge is 2.17. The number of amides is 2. The second-order valence-corrected chi connectivity index (χ2v) is 7.27. The summed E-state index contributed by atoms with van der Waals surface area (Å²) in [5.74, 6) is 0.484. The van der Waals surface area contributed by atoms with Crippen molar-refractivity contribution in [1.82, 2.24) is 0 Å². The number of piperidine rings is 1. The fourth-order valence-electron chi connectivity index (χ4n) is 3.77. The number of nitrogens with zero attached hydrogens (tertiary/aromatic N) is 1. The minimum absolute atomic E-state index is 0.0351. The van der Waals surface area contributed by atoms with Gasteiger partial charge in [-0.1, -0.05) is 12.1 Å². The van der Waals surface area contributed by atoms with Crippen LogP contribution in [-0.2, 0) is 16.0 Å². The first kappa shape index (κ1) is 18.3. The predicted molar refractivity (Wildman–Crippen MR) is 110 cm³/mol. The lowest BCUT2D eigenvalue weighted by Crippen LogP contribution is -2.31. The quantitative estimate of drug-likeness (QED) is 0.833. The summed E-state index contributed by atoms with van der Waals surface area (Å²) in [6.45, 7) is 1.99. The number of carbonyl (C=O) groups excluding carboxylic acids is 2. The topological polar surface area (TPSA) is 70.7 Å². The second kappa shape index (κ2) is 8.33. The van der Waals surface area contributed by atoms with Gasteiger partial charge in [0.05, 0.1) is 11.4 Å². The molecular formula is C22H25N3O3. The molecule has 0 saturated carbocycles. The molecule has 0 atom stereocenters. The lowest BCUT2D eigenvalue weighted by molar-refractivity contribution is -0.118. The first-order valence-electron chi connectivity index (χ1n) is 9.88. The molecule has 1 fully saturated rings. The molecule has 0 bridgehead atoms. The van der Waals surface area contributed by atoms with E-state index in [1.54, 1.807) is 6.07 Å². The van der Waals surface area contributed by atoms with Gasteiger partial charge in [-0.25, -0.2) is 0 Å². The van der Waals surface area contributed by atoms with Gasteiger partial charge in [0.1, 0.15) is 5.75 Å². The smallest absolute Gasteiger partial charge is 0.262 e. The molecule has 0 radical (unpaired) electrons. The van der Waals surface area contributed by atoms with Crippen LogP contribution >= 0.6 is 0 Å². The SMILES string of the molecule is O=C1CCc2cc(OCC(=O)Nc3ccccc3N3CCCCC3)ccc2N1. The first-order chi connectivity index (χ1) is 13.7. The van der Waals surface area contributed by atoms with E-state index in [2.05, 4.69) is 21.6 Å². The van der Waals surface area contributed by atoms with E-state index in [0.29, 0.717) is 18.6 Å². The predicted octanol–water partition coefficient (Wildman–Crippen LogP) is 3.58. The molecule has 0 aliphatic carbocycles. The number of nitrogens with one attached hydrogen (secondary N) is 2. The minimum atomic E-state index is -0.185. The zero-order valence-electron chi connectivity index (χ0n) is 15.9. The highest BCUT2D eigenvalue weighted by atomic mass is 16.5. The standard InChI is InChI=1S/C22H25N3O3/c26-21-11-8-16-14-17(9-10-18(16)23-21)28-15-22(27)24-19-6-2-3-7-20(19)25-12-4-1-5-13-25/h2-3,6-7,9-10,14H,1,4-5,8,11-13,15H2,(H,23,26)(H,24,27). The number of hydrogen-bond donors (Lipinski definition) is 2. The van der Waals surface area contributed by atoms with Gasteiger partial charge in [0, 0.05) is 25.2 Å². The molecule has 2 N–H and O–H groups in total. The molecule has 2 heterocycles. The van der Waals surface area contributed by atoms with Crippen LogP contribution in [0.15, 0.2) is 42.5 Å². The number of aryl methyl sites for hydroxylation is 1. The highest BCUT2D eigenvalue weighted by Crippen LogP contribution is 2.29. The maximum absolute atomic E-state index is 12.4. The summed E-state index contributed by atoms with van der Waals surface area (Å²) in [5, 5.41) is 5.83. The van der Waals surface area contributed by atoms with Crippen molar-refractivity contribution in [1.29, 1.82) is 0 Å². The van der Waals surface area contributed by atoms with Crippen LogP contribution in [0, 0.1) is 0 Å². The van der Waals surface area contributed by atoms with Gasteiger partial charge >= 0.3 is 0 Å². The van der Waals surface area contributed by atoms with Crippen LogP contribution in [0.1, 0.15) is 31.2 Å². The third-order valence-electron chi connectivity index (χ3n) is 5.22. The summed E-state index contributed by atoms with van der Waals surface area (Å²) < 4.78 is 5.68. The van der Waals surface area contributed by atoms with Crippen LogP contribution in [0.5, 0.6) is 5.75 Å². The second-order valence-electron chi connectivity index (χ2n) is 7.27. The number of ether oxygens (including phenoxy) is 1. The molecular weight excluding hydrogens is 354 g/mol. The highest BCUT2D eigenvalue weighted by molar-refractivity contribution is 5.95. The van der Waals surface area contributed by atoms with E-state index in [9.17, 15) is 9.59 Å². The van der Waals surface area contributed by atoms with E-state index in [1.807, 2.05) is 30.3 Å². The van der Waals surface area contributed by atoms with E-state index in [4.69, 9.17) is 4.74 Å². The third kappa shape index (κ3) is 4.27. The molecule has 2 aromatic carbocycles. The van der Waals surface area contributed by atoms with E-state index < -0.39 is 0 Å². The van der Waals surface area contributed by atoms with Gasteiger partial charge in [0.2, 0.25) is 5.91 Å².